The maximum Gasteiger partial charge on any atom is 0.253 e. The summed E-state index contributed by atoms with van der Waals surface area (Å²) in [6.07, 6.45) is 1.72. The van der Waals surface area contributed by atoms with Gasteiger partial charge in [-0.1, -0.05) is 42.5 Å². The van der Waals surface area contributed by atoms with Crippen LogP contribution < -0.4 is 10.6 Å². The van der Waals surface area contributed by atoms with Gasteiger partial charge in [0.05, 0.1) is 26.8 Å². The molecule has 2 N–H and O–H groups in total. The Bertz CT molecular complexity index is 1350. The van der Waals surface area contributed by atoms with Gasteiger partial charge in [0.15, 0.2) is 0 Å². The molecule has 0 radical (unpaired) electrons. The lowest BCUT2D eigenvalue weighted by Gasteiger charge is -2.12. The lowest BCUT2D eigenvalue weighted by Crippen LogP contribution is -2.23. The summed E-state index contributed by atoms with van der Waals surface area (Å²) in [7, 11) is 0. The molecule has 2 aromatic heterocycles. The van der Waals surface area contributed by atoms with Crippen LogP contribution in [0, 0.1) is 0 Å². The number of benzene rings is 3. The minimum absolute atomic E-state index is 0.141. The van der Waals surface area contributed by atoms with Crippen molar-refractivity contribution in [2.24, 2.45) is 0 Å². The molecular formula is C24H18N4OS. The topological polar surface area (TPSA) is 66.9 Å². The lowest BCUT2D eigenvalue weighted by atomic mass is 10.1. The third kappa shape index (κ3) is 3.60. The van der Waals surface area contributed by atoms with E-state index >= 15 is 0 Å². The van der Waals surface area contributed by atoms with E-state index in [9.17, 15) is 4.79 Å². The minimum atomic E-state index is -0.141. The molecule has 0 unspecified atom stereocenters. The molecule has 3 aromatic carbocycles. The van der Waals surface area contributed by atoms with Crippen molar-refractivity contribution in [3.63, 3.8) is 0 Å². The first-order chi connectivity index (χ1) is 14.8. The van der Waals surface area contributed by atoms with Crippen LogP contribution >= 0.6 is 11.3 Å². The van der Waals surface area contributed by atoms with E-state index < -0.39 is 0 Å². The van der Waals surface area contributed by atoms with E-state index in [1.807, 2.05) is 66.2 Å². The van der Waals surface area contributed by atoms with Gasteiger partial charge < -0.3 is 10.6 Å². The predicted octanol–water partition coefficient (Wildman–Crippen LogP) is 5.52. The number of aromatic nitrogens is 2. The molecule has 0 fully saturated rings. The lowest BCUT2D eigenvalue weighted by molar-refractivity contribution is 0.0952. The molecular weight excluding hydrogens is 392 g/mol. The highest BCUT2D eigenvalue weighted by Gasteiger charge is 2.13. The minimum Gasteiger partial charge on any atom is -0.355 e. The monoisotopic (exact) mass is 410 g/mol. The van der Waals surface area contributed by atoms with E-state index in [0.29, 0.717) is 17.6 Å². The van der Waals surface area contributed by atoms with Gasteiger partial charge in [-0.05, 0) is 35.9 Å². The standard InChI is InChI=1S/C24H18N4OS/c29-24(26-14-16-5-2-1-3-6-16)19-8-4-7-18-20(11-12-25-23(18)19)28-17-9-10-22-21(13-17)27-15-30-22/h1-13,15H,14H2,(H,25,28)(H,26,29). The highest BCUT2D eigenvalue weighted by atomic mass is 32.1. The maximum atomic E-state index is 12.8. The zero-order valence-corrected chi connectivity index (χ0v) is 16.8. The zero-order valence-electron chi connectivity index (χ0n) is 16.0. The second kappa shape index (κ2) is 7.93. The molecule has 0 aliphatic heterocycles. The van der Waals surface area contributed by atoms with Crippen LogP contribution in [-0.2, 0) is 6.54 Å². The second-order valence-electron chi connectivity index (χ2n) is 6.89. The van der Waals surface area contributed by atoms with E-state index in [1.54, 1.807) is 23.6 Å². The Morgan fingerprint density at radius 2 is 1.83 bits per heavy atom. The number of nitrogens with one attached hydrogen (secondary N) is 2. The van der Waals surface area contributed by atoms with Gasteiger partial charge in [-0.15, -0.1) is 11.3 Å². The van der Waals surface area contributed by atoms with Crippen molar-refractivity contribution in [1.29, 1.82) is 0 Å². The maximum absolute atomic E-state index is 12.8. The number of para-hydroxylation sites is 1. The van der Waals surface area contributed by atoms with Crippen LogP contribution in [-0.4, -0.2) is 15.9 Å². The SMILES string of the molecule is O=C(NCc1ccccc1)c1cccc2c(Nc3ccc4scnc4c3)ccnc12. The van der Waals surface area contributed by atoms with Gasteiger partial charge in [0.25, 0.3) is 5.91 Å². The van der Waals surface area contributed by atoms with Crippen molar-refractivity contribution < 1.29 is 4.79 Å². The van der Waals surface area contributed by atoms with E-state index in [4.69, 9.17) is 0 Å². The molecule has 0 aliphatic carbocycles. The highest BCUT2D eigenvalue weighted by Crippen LogP contribution is 2.29. The van der Waals surface area contributed by atoms with Gasteiger partial charge in [-0.2, -0.15) is 0 Å². The third-order valence-electron chi connectivity index (χ3n) is 4.92. The number of carbonyl (C=O) groups excluding carboxylic acids is 1. The molecule has 0 spiro atoms. The van der Waals surface area contributed by atoms with Crippen LogP contribution in [0.2, 0.25) is 0 Å². The number of hydrogen-bond donors (Lipinski definition) is 2. The molecule has 146 valence electrons. The molecule has 0 aliphatic rings. The average molecular weight is 411 g/mol. The molecule has 30 heavy (non-hydrogen) atoms. The summed E-state index contributed by atoms with van der Waals surface area (Å²) in [6.45, 7) is 0.474. The van der Waals surface area contributed by atoms with Crippen molar-refractivity contribution in [2.75, 3.05) is 5.32 Å². The second-order valence-corrected chi connectivity index (χ2v) is 7.77. The fourth-order valence-electron chi connectivity index (χ4n) is 3.43. The van der Waals surface area contributed by atoms with E-state index in [-0.39, 0.29) is 5.91 Å². The Balaban J connectivity index is 1.44. The molecule has 1 amide bonds. The van der Waals surface area contributed by atoms with Gasteiger partial charge >= 0.3 is 0 Å². The zero-order chi connectivity index (χ0) is 20.3. The third-order valence-corrected chi connectivity index (χ3v) is 5.73. The van der Waals surface area contributed by atoms with Crippen LogP contribution in [0.4, 0.5) is 11.4 Å². The van der Waals surface area contributed by atoms with Crippen LogP contribution in [0.1, 0.15) is 15.9 Å². The Kier molecular flexibility index (Phi) is 4.83. The van der Waals surface area contributed by atoms with E-state index in [1.165, 1.54) is 0 Å². The summed E-state index contributed by atoms with van der Waals surface area (Å²) in [6, 6.07) is 23.5. The number of carbonyl (C=O) groups is 1. The van der Waals surface area contributed by atoms with Crippen LogP contribution in [0.5, 0.6) is 0 Å². The van der Waals surface area contributed by atoms with Crippen molar-refractivity contribution in [3.8, 4) is 0 Å². The van der Waals surface area contributed by atoms with Crippen molar-refractivity contribution in [1.82, 2.24) is 15.3 Å². The summed E-state index contributed by atoms with van der Waals surface area (Å²) in [5.41, 5.74) is 6.93. The number of thiazole rings is 1. The number of hydrogen-bond acceptors (Lipinski definition) is 5. The first kappa shape index (κ1) is 18.3. The van der Waals surface area contributed by atoms with Crippen LogP contribution in [0.15, 0.2) is 84.5 Å². The van der Waals surface area contributed by atoms with E-state index in [2.05, 4.69) is 26.7 Å². The number of fused-ring (bicyclic) bond motifs is 2. The summed E-state index contributed by atoms with van der Waals surface area (Å²) >= 11 is 1.62. The van der Waals surface area contributed by atoms with Gasteiger partial charge in [-0.3, -0.25) is 9.78 Å². The molecule has 0 saturated carbocycles. The first-order valence-electron chi connectivity index (χ1n) is 9.58. The number of anilines is 2. The van der Waals surface area contributed by atoms with Crippen LogP contribution in [0.25, 0.3) is 21.1 Å². The van der Waals surface area contributed by atoms with Gasteiger partial charge in [0, 0.05) is 29.5 Å². The van der Waals surface area contributed by atoms with Crippen LogP contribution in [0.3, 0.4) is 0 Å². The van der Waals surface area contributed by atoms with Gasteiger partial charge in [-0.25, -0.2) is 4.98 Å². The smallest absolute Gasteiger partial charge is 0.253 e. The molecule has 0 saturated heterocycles. The fraction of sp³-hybridized carbons (Fsp3) is 0.0417. The summed E-state index contributed by atoms with van der Waals surface area (Å²) in [5, 5.41) is 7.32. The Labute approximate surface area is 177 Å². The van der Waals surface area contributed by atoms with Crippen molar-refractivity contribution >= 4 is 49.7 Å². The average Bonchev–Trinajstić information content (AvgIpc) is 3.26. The molecule has 5 rings (SSSR count). The largest absolute Gasteiger partial charge is 0.355 e. The van der Waals surface area contributed by atoms with Crippen molar-refractivity contribution in [2.45, 2.75) is 6.54 Å². The Morgan fingerprint density at radius 1 is 0.933 bits per heavy atom. The van der Waals surface area contributed by atoms with Gasteiger partial charge in [0.2, 0.25) is 0 Å². The number of amides is 1. The molecule has 0 atom stereocenters. The molecule has 6 heteroatoms. The predicted molar refractivity (Wildman–Crippen MR) is 122 cm³/mol. The summed E-state index contributed by atoms with van der Waals surface area (Å²) < 4.78 is 1.15. The molecule has 0 bridgehead atoms. The van der Waals surface area contributed by atoms with Gasteiger partial charge in [0.1, 0.15) is 0 Å². The molecule has 5 aromatic rings. The van der Waals surface area contributed by atoms with Crippen molar-refractivity contribution in [3.05, 3.63) is 95.6 Å². The summed E-state index contributed by atoms with van der Waals surface area (Å²) in [5.74, 6) is -0.141. The molecule has 5 nitrogen and oxygen atoms in total. The van der Waals surface area contributed by atoms with E-state index in [0.717, 1.165) is 32.5 Å². The Morgan fingerprint density at radius 3 is 2.73 bits per heavy atom. The molecule has 2 heterocycles. The Hall–Kier alpha value is -3.77. The number of rotatable bonds is 5. The first-order valence-corrected chi connectivity index (χ1v) is 10.5. The summed E-state index contributed by atoms with van der Waals surface area (Å²) in [4.78, 5) is 21.7. The fourth-order valence-corrected chi connectivity index (χ4v) is 4.09. The highest BCUT2D eigenvalue weighted by molar-refractivity contribution is 7.16. The number of nitrogens with zero attached hydrogens (tertiary/aromatic N) is 2. The quantitative estimate of drug-likeness (QED) is 0.400. The number of pyridine rings is 1. The normalized spacial score (nSPS) is 10.9.